The van der Waals surface area contributed by atoms with Crippen LogP contribution in [0, 0.1) is 5.92 Å². The molecule has 0 radical (unpaired) electrons. The summed E-state index contributed by atoms with van der Waals surface area (Å²) in [6.07, 6.45) is 0.982. The molecule has 194 valence electrons. The van der Waals surface area contributed by atoms with Crippen LogP contribution >= 0.6 is 12.6 Å². The first-order valence-corrected chi connectivity index (χ1v) is 14.1. The molecule has 0 heterocycles. The largest absolute Gasteiger partial charge is 0.480 e. The van der Waals surface area contributed by atoms with E-state index in [0.29, 0.717) is 12.3 Å². The zero-order valence-corrected chi connectivity index (χ0v) is 21.9. The normalized spacial score (nSPS) is 16.3. The molecule has 0 saturated carbocycles. The first-order valence-electron chi connectivity index (χ1n) is 11.4. The van der Waals surface area contributed by atoms with Gasteiger partial charge in [-0.3, -0.25) is 4.79 Å². The number of thiol groups is 1. The minimum Gasteiger partial charge on any atom is -0.480 e. The molecular weight excluding hydrogens is 478 g/mol. The summed E-state index contributed by atoms with van der Waals surface area (Å²) in [7, 11) is -3.38. The number of hydrogen-bond acceptors (Lipinski definition) is 8. The number of carboxylic acid groups (broad SMARTS) is 1. The quantitative estimate of drug-likeness (QED) is 0.191. The monoisotopic (exact) mass is 517 g/mol. The molecule has 9 nitrogen and oxygen atoms in total. The SMILES string of the molecule is CC[C@H](C)[C@H](COC(Cc1ccccc1)C(=O)N[C@@H](CCS(C)(=O)=O)C(=O)O)NC[C@@H](N)CS. The molecule has 0 aliphatic rings. The summed E-state index contributed by atoms with van der Waals surface area (Å²) in [4.78, 5) is 24.7. The van der Waals surface area contributed by atoms with Crippen LogP contribution in [-0.4, -0.2) is 80.5 Å². The highest BCUT2D eigenvalue weighted by Gasteiger charge is 2.28. The minimum absolute atomic E-state index is 0.0671. The number of hydrogen-bond donors (Lipinski definition) is 5. The second kappa shape index (κ2) is 15.4. The van der Waals surface area contributed by atoms with Crippen LogP contribution in [0.1, 0.15) is 32.3 Å². The van der Waals surface area contributed by atoms with Gasteiger partial charge in [0.25, 0.3) is 0 Å². The number of benzene rings is 1. The predicted octanol–water partition coefficient (Wildman–Crippen LogP) is 0.880. The van der Waals surface area contributed by atoms with Crippen LogP contribution in [0.4, 0.5) is 0 Å². The first-order chi connectivity index (χ1) is 16.0. The molecule has 1 aromatic rings. The Morgan fingerprint density at radius 2 is 1.88 bits per heavy atom. The fourth-order valence-electron chi connectivity index (χ4n) is 3.21. The number of amides is 1. The molecule has 0 fully saturated rings. The average molecular weight is 518 g/mol. The lowest BCUT2D eigenvalue weighted by Gasteiger charge is -2.28. The van der Waals surface area contributed by atoms with Gasteiger partial charge in [-0.2, -0.15) is 12.6 Å². The van der Waals surface area contributed by atoms with E-state index < -0.39 is 33.9 Å². The van der Waals surface area contributed by atoms with Crippen LogP contribution in [0.3, 0.4) is 0 Å². The van der Waals surface area contributed by atoms with Crippen molar-refractivity contribution in [2.45, 2.75) is 57.3 Å². The lowest BCUT2D eigenvalue weighted by atomic mass is 9.99. The van der Waals surface area contributed by atoms with E-state index in [1.54, 1.807) is 0 Å². The number of carboxylic acids is 1. The van der Waals surface area contributed by atoms with Crippen molar-refractivity contribution in [2.24, 2.45) is 11.7 Å². The fraction of sp³-hybridized carbons (Fsp3) is 0.652. The molecule has 11 heteroatoms. The second-order valence-corrected chi connectivity index (χ2v) is 11.3. The lowest BCUT2D eigenvalue weighted by Crippen LogP contribution is -2.50. The lowest BCUT2D eigenvalue weighted by molar-refractivity contribution is -0.144. The molecule has 0 saturated heterocycles. The number of nitrogens with two attached hydrogens (primary N) is 1. The van der Waals surface area contributed by atoms with Crippen LogP contribution in [0.2, 0.25) is 0 Å². The number of aliphatic carboxylic acids is 1. The zero-order valence-electron chi connectivity index (χ0n) is 20.1. The molecule has 5 atom stereocenters. The van der Waals surface area contributed by atoms with Gasteiger partial charge in [0.1, 0.15) is 22.0 Å². The molecule has 0 aliphatic carbocycles. The van der Waals surface area contributed by atoms with Crippen molar-refractivity contribution in [3.05, 3.63) is 35.9 Å². The van der Waals surface area contributed by atoms with Crippen molar-refractivity contribution < 1.29 is 27.9 Å². The van der Waals surface area contributed by atoms with E-state index in [1.807, 2.05) is 30.3 Å². The smallest absolute Gasteiger partial charge is 0.326 e. The predicted molar refractivity (Wildman–Crippen MR) is 137 cm³/mol. The number of sulfone groups is 1. The molecule has 1 unspecified atom stereocenters. The van der Waals surface area contributed by atoms with Crippen molar-refractivity contribution in [2.75, 3.05) is 30.9 Å². The van der Waals surface area contributed by atoms with Gasteiger partial charge in [0.05, 0.1) is 12.4 Å². The maximum Gasteiger partial charge on any atom is 0.326 e. The fourth-order valence-corrected chi connectivity index (χ4v) is 4.00. The number of ether oxygens (including phenoxy) is 1. The Kier molecular flexibility index (Phi) is 13.7. The Bertz CT molecular complexity index is 854. The van der Waals surface area contributed by atoms with Gasteiger partial charge in [0.15, 0.2) is 0 Å². The van der Waals surface area contributed by atoms with Crippen molar-refractivity contribution in [1.82, 2.24) is 10.6 Å². The first kappa shape index (κ1) is 30.4. The summed E-state index contributed by atoms with van der Waals surface area (Å²) < 4.78 is 29.0. The Balaban J connectivity index is 2.97. The third kappa shape index (κ3) is 12.2. The molecule has 0 aliphatic heterocycles. The highest BCUT2D eigenvalue weighted by molar-refractivity contribution is 7.90. The molecule has 0 aromatic heterocycles. The van der Waals surface area contributed by atoms with Gasteiger partial charge in [-0.15, -0.1) is 0 Å². The van der Waals surface area contributed by atoms with Gasteiger partial charge in [0.2, 0.25) is 5.91 Å². The number of carbonyl (C=O) groups excluding carboxylic acids is 1. The van der Waals surface area contributed by atoms with Crippen LogP contribution < -0.4 is 16.4 Å². The summed E-state index contributed by atoms with van der Waals surface area (Å²) in [5.41, 5.74) is 6.83. The van der Waals surface area contributed by atoms with E-state index in [-0.39, 0.29) is 43.2 Å². The molecule has 1 rings (SSSR count). The molecule has 34 heavy (non-hydrogen) atoms. The van der Waals surface area contributed by atoms with E-state index in [0.717, 1.165) is 18.2 Å². The molecule has 1 amide bonds. The van der Waals surface area contributed by atoms with Gasteiger partial charge < -0.3 is 26.2 Å². The van der Waals surface area contributed by atoms with Crippen LogP contribution in [0.5, 0.6) is 0 Å². The Morgan fingerprint density at radius 1 is 1.24 bits per heavy atom. The van der Waals surface area contributed by atoms with Crippen molar-refractivity contribution in [1.29, 1.82) is 0 Å². The van der Waals surface area contributed by atoms with Gasteiger partial charge in [-0.05, 0) is 17.9 Å². The Hall–Kier alpha value is -1.66. The molecule has 5 N–H and O–H groups in total. The summed E-state index contributed by atoms with van der Waals surface area (Å²) >= 11 is 4.21. The minimum atomic E-state index is -3.38. The third-order valence-electron chi connectivity index (χ3n) is 5.63. The standard InChI is InChI=1S/C23H39N3O6S2/c1-4-16(2)20(25-13-18(24)15-33)14-32-21(12-17-8-6-5-7-9-17)22(27)26-19(23(28)29)10-11-34(3,30)31/h5-9,16,18-21,25,33H,4,10-15,24H2,1-3H3,(H,26,27)(H,28,29)/t16-,18+,19-,20-,21?/m0/s1. The molecule has 0 spiro atoms. The van der Waals surface area contributed by atoms with Gasteiger partial charge in [-0.25, -0.2) is 13.2 Å². The van der Waals surface area contributed by atoms with E-state index in [4.69, 9.17) is 10.5 Å². The van der Waals surface area contributed by atoms with E-state index >= 15 is 0 Å². The molecular formula is C23H39N3O6S2. The zero-order chi connectivity index (χ0) is 25.7. The molecule has 1 aromatic carbocycles. The van der Waals surface area contributed by atoms with Crippen molar-refractivity contribution in [3.8, 4) is 0 Å². The Morgan fingerprint density at radius 3 is 2.41 bits per heavy atom. The summed E-state index contributed by atoms with van der Waals surface area (Å²) in [6, 6.07) is 7.75. The summed E-state index contributed by atoms with van der Waals surface area (Å²) in [6.45, 7) is 4.90. The van der Waals surface area contributed by atoms with E-state index in [1.165, 1.54) is 0 Å². The van der Waals surface area contributed by atoms with Crippen LogP contribution in [0.25, 0.3) is 0 Å². The topological polar surface area (TPSA) is 148 Å². The highest BCUT2D eigenvalue weighted by atomic mass is 32.2. The Labute approximate surface area is 208 Å². The maximum absolute atomic E-state index is 13.1. The van der Waals surface area contributed by atoms with Crippen molar-refractivity contribution in [3.63, 3.8) is 0 Å². The van der Waals surface area contributed by atoms with Crippen molar-refractivity contribution >= 4 is 34.3 Å². The summed E-state index contributed by atoms with van der Waals surface area (Å²) in [5, 5.41) is 15.3. The van der Waals surface area contributed by atoms with Gasteiger partial charge in [-0.1, -0.05) is 50.6 Å². The van der Waals surface area contributed by atoms with Crippen LogP contribution in [0.15, 0.2) is 30.3 Å². The summed E-state index contributed by atoms with van der Waals surface area (Å²) in [5.74, 6) is -1.46. The number of nitrogens with one attached hydrogen (secondary N) is 2. The van der Waals surface area contributed by atoms with Crippen LogP contribution in [-0.2, 0) is 30.6 Å². The number of rotatable bonds is 17. The average Bonchev–Trinajstić information content (AvgIpc) is 2.79. The molecule has 0 bridgehead atoms. The van der Waals surface area contributed by atoms with Gasteiger partial charge in [0, 0.05) is 37.1 Å². The van der Waals surface area contributed by atoms with E-state index in [9.17, 15) is 23.1 Å². The number of carbonyl (C=O) groups is 2. The second-order valence-electron chi connectivity index (χ2n) is 8.67. The highest BCUT2D eigenvalue weighted by Crippen LogP contribution is 2.13. The van der Waals surface area contributed by atoms with E-state index in [2.05, 4.69) is 37.1 Å². The third-order valence-corrected chi connectivity index (χ3v) is 7.08. The maximum atomic E-state index is 13.1. The van der Waals surface area contributed by atoms with Gasteiger partial charge >= 0.3 is 5.97 Å².